The van der Waals surface area contributed by atoms with Crippen molar-refractivity contribution in [3.05, 3.63) is 23.8 Å². The van der Waals surface area contributed by atoms with Gasteiger partial charge in [0.2, 0.25) is 0 Å². The third-order valence-electron chi connectivity index (χ3n) is 2.98. The minimum absolute atomic E-state index is 0.0534. The van der Waals surface area contributed by atoms with Gasteiger partial charge in [-0.25, -0.2) is 0 Å². The summed E-state index contributed by atoms with van der Waals surface area (Å²) in [6.07, 6.45) is 3.01. The van der Waals surface area contributed by atoms with E-state index in [1.807, 2.05) is 24.5 Å². The first-order chi connectivity index (χ1) is 8.72. The summed E-state index contributed by atoms with van der Waals surface area (Å²) in [5.41, 5.74) is 6.34. The highest BCUT2D eigenvalue weighted by atomic mass is 32.2. The van der Waals surface area contributed by atoms with Crippen LogP contribution in [-0.4, -0.2) is 31.9 Å². The Hall–Kier alpha value is -1.20. The van der Waals surface area contributed by atoms with E-state index in [4.69, 9.17) is 20.6 Å². The van der Waals surface area contributed by atoms with Gasteiger partial charge in [0.1, 0.15) is 11.6 Å². The lowest BCUT2D eigenvalue weighted by atomic mass is 10.1. The standard InChI is InChI=1S/C13H18N2O2S/c1-18-11-4-2-3-10(12(11)13(14)15)17-8-9-5-6-16-7-9/h2-4,9H,5-8H2,1H3,(H3,14,15). The van der Waals surface area contributed by atoms with E-state index in [0.29, 0.717) is 23.8 Å². The molecule has 0 aromatic heterocycles. The molecule has 2 rings (SSSR count). The number of rotatable bonds is 5. The molecular weight excluding hydrogens is 248 g/mol. The Morgan fingerprint density at radius 2 is 2.44 bits per heavy atom. The Morgan fingerprint density at radius 1 is 1.61 bits per heavy atom. The highest BCUT2D eigenvalue weighted by Gasteiger charge is 2.18. The van der Waals surface area contributed by atoms with Crippen LogP contribution >= 0.6 is 11.8 Å². The summed E-state index contributed by atoms with van der Waals surface area (Å²) in [6.45, 7) is 2.20. The van der Waals surface area contributed by atoms with Gasteiger partial charge in [-0.1, -0.05) is 6.07 Å². The maximum absolute atomic E-state index is 7.67. The third kappa shape index (κ3) is 2.97. The van der Waals surface area contributed by atoms with Crippen molar-refractivity contribution < 1.29 is 9.47 Å². The molecule has 5 heteroatoms. The minimum atomic E-state index is 0.0534. The van der Waals surface area contributed by atoms with E-state index in [0.717, 1.165) is 24.5 Å². The van der Waals surface area contributed by atoms with Crippen LogP contribution in [-0.2, 0) is 4.74 Å². The predicted molar refractivity (Wildman–Crippen MR) is 73.7 cm³/mol. The molecule has 0 radical (unpaired) electrons. The zero-order chi connectivity index (χ0) is 13.0. The Bertz CT molecular complexity index is 431. The smallest absolute Gasteiger partial charge is 0.131 e. The van der Waals surface area contributed by atoms with Crippen molar-refractivity contribution in [1.29, 1.82) is 5.41 Å². The lowest BCUT2D eigenvalue weighted by Crippen LogP contribution is -2.17. The number of hydrogen-bond acceptors (Lipinski definition) is 4. The van der Waals surface area contributed by atoms with Crippen molar-refractivity contribution >= 4 is 17.6 Å². The van der Waals surface area contributed by atoms with Crippen LogP contribution in [0.1, 0.15) is 12.0 Å². The second-order valence-corrected chi connectivity index (χ2v) is 5.14. The zero-order valence-electron chi connectivity index (χ0n) is 10.4. The van der Waals surface area contributed by atoms with Crippen molar-refractivity contribution in [2.75, 3.05) is 26.1 Å². The summed E-state index contributed by atoms with van der Waals surface area (Å²) >= 11 is 1.57. The largest absolute Gasteiger partial charge is 0.492 e. The van der Waals surface area contributed by atoms with Gasteiger partial charge in [0.15, 0.2) is 0 Å². The van der Waals surface area contributed by atoms with Crippen LogP contribution < -0.4 is 10.5 Å². The van der Waals surface area contributed by atoms with Gasteiger partial charge in [-0.05, 0) is 24.8 Å². The van der Waals surface area contributed by atoms with Crippen LogP contribution in [0.5, 0.6) is 5.75 Å². The van der Waals surface area contributed by atoms with Gasteiger partial charge in [-0.3, -0.25) is 5.41 Å². The minimum Gasteiger partial charge on any atom is -0.492 e. The molecule has 98 valence electrons. The molecule has 0 bridgehead atoms. The van der Waals surface area contributed by atoms with Crippen LogP contribution in [0.3, 0.4) is 0 Å². The maximum Gasteiger partial charge on any atom is 0.131 e. The second-order valence-electron chi connectivity index (χ2n) is 4.29. The summed E-state index contributed by atoms with van der Waals surface area (Å²) in [7, 11) is 0. The Balaban J connectivity index is 2.13. The van der Waals surface area contributed by atoms with E-state index >= 15 is 0 Å². The zero-order valence-corrected chi connectivity index (χ0v) is 11.3. The van der Waals surface area contributed by atoms with E-state index in [-0.39, 0.29) is 5.84 Å². The molecule has 3 N–H and O–H groups in total. The van der Waals surface area contributed by atoms with Crippen molar-refractivity contribution in [3.63, 3.8) is 0 Å². The molecule has 4 nitrogen and oxygen atoms in total. The quantitative estimate of drug-likeness (QED) is 0.486. The number of ether oxygens (including phenoxy) is 2. The SMILES string of the molecule is CSc1cccc(OCC2CCOC2)c1C(=N)N. The molecule has 1 fully saturated rings. The number of hydrogen-bond donors (Lipinski definition) is 2. The fraction of sp³-hybridized carbons (Fsp3) is 0.462. The van der Waals surface area contributed by atoms with Crippen LogP contribution in [0.25, 0.3) is 0 Å². The number of nitrogen functional groups attached to an aromatic ring is 1. The average molecular weight is 266 g/mol. The molecule has 0 aliphatic carbocycles. The number of benzene rings is 1. The second kappa shape index (κ2) is 6.11. The fourth-order valence-electron chi connectivity index (χ4n) is 1.99. The molecule has 0 amide bonds. The molecule has 1 unspecified atom stereocenters. The molecule has 0 spiro atoms. The van der Waals surface area contributed by atoms with E-state index in [1.165, 1.54) is 0 Å². The normalized spacial score (nSPS) is 18.8. The van der Waals surface area contributed by atoms with E-state index in [2.05, 4.69) is 0 Å². The first-order valence-electron chi connectivity index (χ1n) is 5.94. The molecular formula is C13H18N2O2S. The van der Waals surface area contributed by atoms with Gasteiger partial charge in [-0.15, -0.1) is 11.8 Å². The van der Waals surface area contributed by atoms with Gasteiger partial charge < -0.3 is 15.2 Å². The molecule has 1 saturated heterocycles. The monoisotopic (exact) mass is 266 g/mol. The highest BCUT2D eigenvalue weighted by molar-refractivity contribution is 7.98. The molecule has 18 heavy (non-hydrogen) atoms. The van der Waals surface area contributed by atoms with Crippen molar-refractivity contribution in [2.45, 2.75) is 11.3 Å². The summed E-state index contributed by atoms with van der Waals surface area (Å²) in [4.78, 5) is 0.975. The van der Waals surface area contributed by atoms with Gasteiger partial charge in [0.25, 0.3) is 0 Å². The number of nitrogens with one attached hydrogen (secondary N) is 1. The molecule has 1 aromatic rings. The topological polar surface area (TPSA) is 68.3 Å². The first-order valence-corrected chi connectivity index (χ1v) is 7.16. The van der Waals surface area contributed by atoms with Gasteiger partial charge in [0, 0.05) is 17.4 Å². The van der Waals surface area contributed by atoms with Crippen molar-refractivity contribution in [3.8, 4) is 5.75 Å². The number of thioether (sulfide) groups is 1. The summed E-state index contributed by atoms with van der Waals surface area (Å²) in [5.74, 6) is 1.20. The summed E-state index contributed by atoms with van der Waals surface area (Å²) in [5, 5.41) is 7.67. The van der Waals surface area contributed by atoms with Crippen LogP contribution in [0.2, 0.25) is 0 Å². The highest BCUT2D eigenvalue weighted by Crippen LogP contribution is 2.29. The van der Waals surface area contributed by atoms with Crippen LogP contribution in [0.15, 0.2) is 23.1 Å². The van der Waals surface area contributed by atoms with Gasteiger partial charge in [0.05, 0.1) is 18.8 Å². The van der Waals surface area contributed by atoms with Crippen LogP contribution in [0.4, 0.5) is 0 Å². The molecule has 1 aliphatic heterocycles. The van der Waals surface area contributed by atoms with Crippen LogP contribution in [0, 0.1) is 11.3 Å². The molecule has 1 aromatic carbocycles. The molecule has 1 aliphatic rings. The molecule has 0 saturated carbocycles. The third-order valence-corrected chi connectivity index (χ3v) is 3.76. The number of amidine groups is 1. The first kappa shape index (κ1) is 13.2. The predicted octanol–water partition coefficient (Wildman–Crippen LogP) is 2.11. The van der Waals surface area contributed by atoms with Gasteiger partial charge >= 0.3 is 0 Å². The lowest BCUT2D eigenvalue weighted by Gasteiger charge is -2.15. The number of nitrogens with two attached hydrogens (primary N) is 1. The van der Waals surface area contributed by atoms with E-state index < -0.39 is 0 Å². The molecule has 1 heterocycles. The Labute approximate surface area is 111 Å². The fourth-order valence-corrected chi connectivity index (χ4v) is 2.62. The van der Waals surface area contributed by atoms with E-state index in [9.17, 15) is 0 Å². The van der Waals surface area contributed by atoms with Gasteiger partial charge in [-0.2, -0.15) is 0 Å². The Morgan fingerprint density at radius 3 is 3.06 bits per heavy atom. The summed E-state index contributed by atoms with van der Waals surface area (Å²) in [6, 6.07) is 5.75. The van der Waals surface area contributed by atoms with Crippen molar-refractivity contribution in [1.82, 2.24) is 0 Å². The summed E-state index contributed by atoms with van der Waals surface area (Å²) < 4.78 is 11.1. The maximum atomic E-state index is 7.67. The van der Waals surface area contributed by atoms with Crippen molar-refractivity contribution in [2.24, 2.45) is 11.7 Å². The van der Waals surface area contributed by atoms with E-state index in [1.54, 1.807) is 11.8 Å². The lowest BCUT2D eigenvalue weighted by molar-refractivity contribution is 0.167. The average Bonchev–Trinajstić information content (AvgIpc) is 2.88. The molecule has 1 atom stereocenters. The Kier molecular flexibility index (Phi) is 4.49.